The number of rotatable bonds is 9. The van der Waals surface area contributed by atoms with Gasteiger partial charge in [0.2, 0.25) is 0 Å². The van der Waals surface area contributed by atoms with Gasteiger partial charge in [0.05, 0.1) is 23.3 Å². The van der Waals surface area contributed by atoms with E-state index in [0.717, 1.165) is 5.56 Å². The molecule has 0 spiro atoms. The Kier molecular flexibility index (Phi) is 8.75. The van der Waals surface area contributed by atoms with Crippen LogP contribution in [0.15, 0.2) is 29.4 Å². The van der Waals surface area contributed by atoms with Crippen molar-refractivity contribution < 1.29 is 22.8 Å². The Hall–Kier alpha value is -2.09. The normalized spacial score (nSPS) is 14.4. The van der Waals surface area contributed by atoms with Crippen molar-refractivity contribution in [3.05, 3.63) is 35.4 Å². The predicted octanol–water partition coefficient (Wildman–Crippen LogP) is 3.30. The van der Waals surface area contributed by atoms with Crippen LogP contribution in [0.4, 0.5) is 4.79 Å². The van der Waals surface area contributed by atoms with Crippen molar-refractivity contribution in [3.63, 3.8) is 0 Å². The number of benzene rings is 1. The van der Waals surface area contributed by atoms with Crippen molar-refractivity contribution in [1.29, 1.82) is 0 Å². The Labute approximate surface area is 162 Å². The summed E-state index contributed by atoms with van der Waals surface area (Å²) in [5, 5.41) is 5.65. The highest BCUT2D eigenvalue weighted by atomic mass is 32.2. The van der Waals surface area contributed by atoms with Crippen LogP contribution in [-0.4, -0.2) is 45.7 Å². The fraction of sp³-hybridized carbons (Fsp3) is 0.579. The Morgan fingerprint density at radius 2 is 1.74 bits per heavy atom. The van der Waals surface area contributed by atoms with Crippen LogP contribution < -0.4 is 5.32 Å². The van der Waals surface area contributed by atoms with Gasteiger partial charge in [0.1, 0.15) is 7.11 Å². The van der Waals surface area contributed by atoms with Gasteiger partial charge in [-0.2, -0.15) is 0 Å². The number of ether oxygens (including phenoxy) is 1. The van der Waals surface area contributed by atoms with Gasteiger partial charge in [-0.1, -0.05) is 43.3 Å². The number of oxime groups is 1. The molecule has 0 heterocycles. The van der Waals surface area contributed by atoms with Gasteiger partial charge in [0, 0.05) is 6.04 Å². The fourth-order valence-corrected chi connectivity index (χ4v) is 4.20. The molecule has 0 saturated carbocycles. The lowest BCUT2D eigenvalue weighted by molar-refractivity contribution is 0.111. The number of hydrogen-bond donors (Lipinski definition) is 1. The minimum atomic E-state index is -3.49. The van der Waals surface area contributed by atoms with Crippen molar-refractivity contribution >= 4 is 22.1 Å². The van der Waals surface area contributed by atoms with Crippen molar-refractivity contribution in [2.24, 2.45) is 11.1 Å². The number of nitrogens with zero attached hydrogens (tertiary/aromatic N) is 1. The third kappa shape index (κ3) is 7.58. The van der Waals surface area contributed by atoms with Gasteiger partial charge < -0.3 is 14.9 Å². The van der Waals surface area contributed by atoms with E-state index in [1.807, 2.05) is 13.8 Å². The molecule has 0 aromatic heterocycles. The van der Waals surface area contributed by atoms with Crippen LogP contribution in [0.2, 0.25) is 0 Å². The first kappa shape index (κ1) is 23.0. The zero-order valence-electron chi connectivity index (χ0n) is 16.8. The summed E-state index contributed by atoms with van der Waals surface area (Å²) in [6.45, 7) is 8.86. The third-order valence-electron chi connectivity index (χ3n) is 4.11. The summed E-state index contributed by atoms with van der Waals surface area (Å²) in [7, 11) is -2.04. The maximum Gasteiger partial charge on any atom is 0.407 e. The summed E-state index contributed by atoms with van der Waals surface area (Å²) in [5.41, 5.74) is 1.49. The third-order valence-corrected chi connectivity index (χ3v) is 6.29. The van der Waals surface area contributed by atoms with Gasteiger partial charge in [-0.15, -0.1) is 0 Å². The van der Waals surface area contributed by atoms with Gasteiger partial charge in [0.15, 0.2) is 9.84 Å². The van der Waals surface area contributed by atoms with E-state index in [4.69, 9.17) is 4.74 Å². The number of hydrogen-bond acceptors (Lipinski definition) is 6. The van der Waals surface area contributed by atoms with Gasteiger partial charge in [-0.05, 0) is 37.8 Å². The quantitative estimate of drug-likeness (QED) is 0.509. The molecule has 0 radical (unpaired) electrons. The van der Waals surface area contributed by atoms with Crippen LogP contribution >= 0.6 is 0 Å². The number of nitrogens with one attached hydrogen (secondary N) is 1. The second-order valence-electron chi connectivity index (χ2n) is 7.00. The first-order valence-electron chi connectivity index (χ1n) is 8.92. The van der Waals surface area contributed by atoms with Crippen LogP contribution in [0, 0.1) is 5.92 Å². The van der Waals surface area contributed by atoms with E-state index in [1.54, 1.807) is 51.3 Å². The lowest BCUT2D eigenvalue weighted by atomic mass is 10.1. The summed E-state index contributed by atoms with van der Waals surface area (Å²) in [5.74, 6) is -0.217. The van der Waals surface area contributed by atoms with Crippen LogP contribution in [0.3, 0.4) is 0 Å². The molecule has 0 aliphatic heterocycles. The highest BCUT2D eigenvalue weighted by Crippen LogP contribution is 2.24. The molecule has 0 unspecified atom stereocenters. The zero-order valence-corrected chi connectivity index (χ0v) is 17.6. The highest BCUT2D eigenvalue weighted by Gasteiger charge is 2.29. The SMILES string of the molecule is CO/N=C/c1ccc([C@H](C)S(=O)(=O)C[C@@H](NC(=O)OC(C)C)C(C)C)cc1. The Bertz CT molecular complexity index is 727. The largest absolute Gasteiger partial charge is 0.447 e. The topological polar surface area (TPSA) is 94.1 Å². The first-order valence-corrected chi connectivity index (χ1v) is 10.6. The number of carbonyl (C=O) groups is 1. The molecular formula is C19H30N2O5S. The summed E-state index contributed by atoms with van der Waals surface area (Å²) in [6.07, 6.45) is 0.670. The average molecular weight is 399 g/mol. The van der Waals surface area contributed by atoms with Crippen molar-refractivity contribution in [2.45, 2.75) is 52.0 Å². The van der Waals surface area contributed by atoms with E-state index in [9.17, 15) is 13.2 Å². The van der Waals surface area contributed by atoms with Crippen molar-refractivity contribution in [2.75, 3.05) is 12.9 Å². The lowest BCUT2D eigenvalue weighted by Crippen LogP contribution is -2.44. The van der Waals surface area contributed by atoms with Crippen LogP contribution in [-0.2, 0) is 19.4 Å². The van der Waals surface area contributed by atoms with Gasteiger partial charge >= 0.3 is 6.09 Å². The molecule has 0 saturated heterocycles. The van der Waals surface area contributed by atoms with Gasteiger partial charge in [-0.25, -0.2) is 13.2 Å². The monoisotopic (exact) mass is 398 g/mol. The van der Waals surface area contributed by atoms with E-state index in [-0.39, 0.29) is 17.8 Å². The van der Waals surface area contributed by atoms with Crippen molar-refractivity contribution in [3.8, 4) is 0 Å². The number of amides is 1. The summed E-state index contributed by atoms with van der Waals surface area (Å²) in [6, 6.07) is 6.54. The van der Waals surface area contributed by atoms with E-state index >= 15 is 0 Å². The van der Waals surface area contributed by atoms with Gasteiger partial charge in [-0.3, -0.25) is 0 Å². The standard InChI is InChI=1S/C19H30N2O5S/c1-13(2)18(21-19(22)26-14(3)4)12-27(23,24)15(5)17-9-7-16(8-10-17)11-20-25-6/h7-11,13-15,18H,12H2,1-6H3,(H,21,22)/b20-11+/t15-,18+/m0/s1. The molecule has 152 valence electrons. The lowest BCUT2D eigenvalue weighted by Gasteiger charge is -2.24. The second kappa shape index (κ2) is 10.3. The molecule has 1 amide bonds. The average Bonchev–Trinajstić information content (AvgIpc) is 2.58. The predicted molar refractivity (Wildman–Crippen MR) is 107 cm³/mol. The maximum absolute atomic E-state index is 12.9. The van der Waals surface area contributed by atoms with E-state index < -0.39 is 27.2 Å². The second-order valence-corrected chi connectivity index (χ2v) is 9.37. The van der Waals surface area contributed by atoms with Crippen molar-refractivity contribution in [1.82, 2.24) is 5.32 Å². The minimum Gasteiger partial charge on any atom is -0.447 e. The summed E-state index contributed by atoms with van der Waals surface area (Å²) < 4.78 is 30.8. The molecule has 1 aromatic rings. The first-order chi connectivity index (χ1) is 12.6. The number of carbonyl (C=O) groups excluding carboxylic acids is 1. The van der Waals surface area contributed by atoms with Crippen LogP contribution in [0.1, 0.15) is 51.0 Å². The maximum atomic E-state index is 12.9. The summed E-state index contributed by atoms with van der Waals surface area (Å²) >= 11 is 0. The molecule has 1 rings (SSSR count). The number of sulfone groups is 1. The molecule has 0 bridgehead atoms. The van der Waals surface area contributed by atoms with E-state index in [0.29, 0.717) is 5.56 Å². The molecule has 0 fully saturated rings. The summed E-state index contributed by atoms with van der Waals surface area (Å²) in [4.78, 5) is 16.5. The van der Waals surface area contributed by atoms with Gasteiger partial charge in [0.25, 0.3) is 0 Å². The van der Waals surface area contributed by atoms with E-state index in [1.165, 1.54) is 7.11 Å². The molecule has 0 aliphatic carbocycles. The Balaban J connectivity index is 2.89. The van der Waals surface area contributed by atoms with Crippen LogP contribution in [0.5, 0.6) is 0 Å². The fourth-order valence-electron chi connectivity index (χ4n) is 2.37. The molecule has 7 nitrogen and oxygen atoms in total. The van der Waals surface area contributed by atoms with Crippen LogP contribution in [0.25, 0.3) is 0 Å². The smallest absolute Gasteiger partial charge is 0.407 e. The molecule has 1 aromatic carbocycles. The Morgan fingerprint density at radius 3 is 2.22 bits per heavy atom. The zero-order chi connectivity index (χ0) is 20.6. The molecule has 27 heavy (non-hydrogen) atoms. The molecule has 2 atom stereocenters. The molecule has 0 aliphatic rings. The highest BCUT2D eigenvalue weighted by molar-refractivity contribution is 7.91. The molecular weight excluding hydrogens is 368 g/mol. The number of alkyl carbamates (subject to hydrolysis) is 1. The van der Waals surface area contributed by atoms with E-state index in [2.05, 4.69) is 15.3 Å². The minimum absolute atomic E-state index is 0.0562. The Morgan fingerprint density at radius 1 is 1.15 bits per heavy atom. The molecule has 8 heteroatoms. The molecule has 1 N–H and O–H groups in total.